The zero-order valence-corrected chi connectivity index (χ0v) is 14.7. The van der Waals surface area contributed by atoms with Gasteiger partial charge in [0.1, 0.15) is 5.75 Å². The number of hydrogen-bond donors (Lipinski definition) is 1. The Morgan fingerprint density at radius 2 is 1.88 bits per heavy atom. The predicted octanol–water partition coefficient (Wildman–Crippen LogP) is 4.44. The molecule has 0 saturated heterocycles. The average Bonchev–Trinajstić information content (AvgIpc) is 2.67. The zero-order chi connectivity index (χ0) is 17.8. The van der Waals surface area contributed by atoms with Crippen LogP contribution in [0.15, 0.2) is 54.6 Å². The third-order valence-electron chi connectivity index (χ3n) is 4.34. The molecule has 1 N–H and O–H groups in total. The molecule has 3 rings (SSSR count). The lowest BCUT2D eigenvalue weighted by atomic mass is 10.0. The molecule has 0 aliphatic rings. The van der Waals surface area contributed by atoms with Gasteiger partial charge in [-0.25, -0.2) is 4.98 Å². The molecule has 4 heteroatoms. The van der Waals surface area contributed by atoms with Gasteiger partial charge in [-0.1, -0.05) is 25.1 Å². The smallest absolute Gasteiger partial charge is 0.252 e. The van der Waals surface area contributed by atoms with E-state index in [2.05, 4.69) is 12.2 Å². The number of aromatic nitrogens is 1. The standard InChI is InChI=1S/C21H22N2O2/c1-4-14(2)22-21(24)18-13-20(15-9-11-16(25-3)12-10-15)23-19-8-6-5-7-17(18)19/h5-14H,4H2,1-3H3,(H,22,24)/t14-/m0/s1. The first-order valence-electron chi connectivity index (χ1n) is 8.47. The second-order valence-corrected chi connectivity index (χ2v) is 6.08. The third kappa shape index (κ3) is 3.63. The minimum atomic E-state index is -0.0669. The summed E-state index contributed by atoms with van der Waals surface area (Å²) < 4.78 is 5.21. The fraction of sp³-hybridized carbons (Fsp3) is 0.238. The number of ether oxygens (including phenoxy) is 1. The van der Waals surface area contributed by atoms with Crippen LogP contribution in [0.5, 0.6) is 5.75 Å². The Kier molecular flexibility index (Phi) is 4.98. The van der Waals surface area contributed by atoms with Crippen molar-refractivity contribution in [1.82, 2.24) is 10.3 Å². The molecular formula is C21H22N2O2. The van der Waals surface area contributed by atoms with Gasteiger partial charge in [-0.2, -0.15) is 0 Å². The number of benzene rings is 2. The van der Waals surface area contributed by atoms with Crippen molar-refractivity contribution in [2.45, 2.75) is 26.3 Å². The second kappa shape index (κ2) is 7.34. The largest absolute Gasteiger partial charge is 0.497 e. The Hall–Kier alpha value is -2.88. The minimum Gasteiger partial charge on any atom is -0.497 e. The van der Waals surface area contributed by atoms with E-state index in [9.17, 15) is 4.79 Å². The molecule has 0 radical (unpaired) electrons. The van der Waals surface area contributed by atoms with Crippen LogP contribution in [-0.2, 0) is 0 Å². The first-order chi connectivity index (χ1) is 12.1. The molecular weight excluding hydrogens is 312 g/mol. The van der Waals surface area contributed by atoms with Crippen molar-refractivity contribution >= 4 is 16.8 Å². The van der Waals surface area contributed by atoms with Gasteiger partial charge < -0.3 is 10.1 Å². The van der Waals surface area contributed by atoms with Gasteiger partial charge in [0.25, 0.3) is 5.91 Å². The summed E-state index contributed by atoms with van der Waals surface area (Å²) in [5, 5.41) is 3.91. The van der Waals surface area contributed by atoms with Gasteiger partial charge >= 0.3 is 0 Å². The van der Waals surface area contributed by atoms with Crippen molar-refractivity contribution in [1.29, 1.82) is 0 Å². The van der Waals surface area contributed by atoms with Crippen molar-refractivity contribution < 1.29 is 9.53 Å². The maximum Gasteiger partial charge on any atom is 0.252 e. The minimum absolute atomic E-state index is 0.0669. The number of rotatable bonds is 5. The molecule has 1 atom stereocenters. The molecule has 1 amide bonds. The van der Waals surface area contributed by atoms with Crippen LogP contribution < -0.4 is 10.1 Å². The molecule has 128 valence electrons. The highest BCUT2D eigenvalue weighted by molar-refractivity contribution is 6.07. The maximum atomic E-state index is 12.8. The second-order valence-electron chi connectivity index (χ2n) is 6.08. The number of para-hydroxylation sites is 1. The van der Waals surface area contributed by atoms with Crippen LogP contribution in [0.1, 0.15) is 30.6 Å². The highest BCUT2D eigenvalue weighted by Gasteiger charge is 2.15. The molecule has 0 bridgehead atoms. The van der Waals surface area contributed by atoms with E-state index in [1.807, 2.05) is 61.5 Å². The molecule has 0 aliphatic carbocycles. The Labute approximate surface area is 147 Å². The van der Waals surface area contributed by atoms with Gasteiger partial charge in [0.15, 0.2) is 0 Å². The first kappa shape index (κ1) is 17.0. The lowest BCUT2D eigenvalue weighted by Crippen LogP contribution is -2.32. The Morgan fingerprint density at radius 3 is 2.56 bits per heavy atom. The van der Waals surface area contributed by atoms with Crippen LogP contribution in [0.25, 0.3) is 22.2 Å². The highest BCUT2D eigenvalue weighted by atomic mass is 16.5. The molecule has 0 fully saturated rings. The number of hydrogen-bond acceptors (Lipinski definition) is 3. The molecule has 0 saturated carbocycles. The van der Waals surface area contributed by atoms with Gasteiger partial charge in [0.05, 0.1) is 23.9 Å². The summed E-state index contributed by atoms with van der Waals surface area (Å²) in [4.78, 5) is 17.5. The Balaban J connectivity index is 2.09. The molecule has 0 aliphatic heterocycles. The van der Waals surface area contributed by atoms with E-state index in [1.54, 1.807) is 7.11 Å². The molecule has 0 unspecified atom stereocenters. The Morgan fingerprint density at radius 1 is 1.16 bits per heavy atom. The predicted molar refractivity (Wildman–Crippen MR) is 101 cm³/mol. The topological polar surface area (TPSA) is 51.2 Å². The van der Waals surface area contributed by atoms with Crippen molar-refractivity contribution in [3.63, 3.8) is 0 Å². The van der Waals surface area contributed by atoms with Crippen LogP contribution in [0.3, 0.4) is 0 Å². The SMILES string of the molecule is CC[C@H](C)NC(=O)c1cc(-c2ccc(OC)cc2)nc2ccccc12. The summed E-state index contributed by atoms with van der Waals surface area (Å²) in [6.07, 6.45) is 0.889. The van der Waals surface area contributed by atoms with Gasteiger partial charge in [-0.05, 0) is 49.7 Å². The van der Waals surface area contributed by atoms with E-state index >= 15 is 0 Å². The zero-order valence-electron chi connectivity index (χ0n) is 14.7. The van der Waals surface area contributed by atoms with E-state index in [1.165, 1.54) is 0 Å². The van der Waals surface area contributed by atoms with Crippen molar-refractivity contribution in [2.75, 3.05) is 7.11 Å². The molecule has 1 aromatic heterocycles. The molecule has 0 spiro atoms. The lowest BCUT2D eigenvalue weighted by molar-refractivity contribution is 0.0941. The summed E-state index contributed by atoms with van der Waals surface area (Å²) in [7, 11) is 1.64. The first-order valence-corrected chi connectivity index (χ1v) is 8.47. The highest BCUT2D eigenvalue weighted by Crippen LogP contribution is 2.26. The van der Waals surface area contributed by atoms with E-state index in [-0.39, 0.29) is 11.9 Å². The van der Waals surface area contributed by atoms with Crippen molar-refractivity contribution in [3.8, 4) is 17.0 Å². The molecule has 3 aromatic rings. The van der Waals surface area contributed by atoms with Gasteiger partial charge in [0, 0.05) is 17.0 Å². The number of fused-ring (bicyclic) bond motifs is 1. The van der Waals surface area contributed by atoms with Crippen LogP contribution in [0.2, 0.25) is 0 Å². The fourth-order valence-electron chi connectivity index (χ4n) is 2.68. The Bertz CT molecular complexity index is 888. The van der Waals surface area contributed by atoms with Crippen LogP contribution in [0.4, 0.5) is 0 Å². The lowest BCUT2D eigenvalue weighted by Gasteiger charge is -2.14. The molecule has 1 heterocycles. The molecule has 4 nitrogen and oxygen atoms in total. The van der Waals surface area contributed by atoms with Crippen LogP contribution >= 0.6 is 0 Å². The van der Waals surface area contributed by atoms with Crippen molar-refractivity contribution in [2.24, 2.45) is 0 Å². The number of nitrogens with one attached hydrogen (secondary N) is 1. The third-order valence-corrected chi connectivity index (χ3v) is 4.34. The normalized spacial score (nSPS) is 12.0. The summed E-state index contributed by atoms with van der Waals surface area (Å²) >= 11 is 0. The number of carbonyl (C=O) groups excluding carboxylic acids is 1. The van der Waals surface area contributed by atoms with Crippen LogP contribution in [-0.4, -0.2) is 24.0 Å². The summed E-state index contributed by atoms with van der Waals surface area (Å²) in [6, 6.07) is 17.4. The summed E-state index contributed by atoms with van der Waals surface area (Å²) in [5.74, 6) is 0.724. The van der Waals surface area contributed by atoms with E-state index in [0.717, 1.165) is 34.3 Å². The van der Waals surface area contributed by atoms with Crippen molar-refractivity contribution in [3.05, 3.63) is 60.2 Å². The number of pyridine rings is 1. The molecule has 2 aromatic carbocycles. The van der Waals surface area contributed by atoms with Crippen LogP contribution in [0, 0.1) is 0 Å². The van der Waals surface area contributed by atoms with Gasteiger partial charge in [-0.15, -0.1) is 0 Å². The molecule has 25 heavy (non-hydrogen) atoms. The number of carbonyl (C=O) groups is 1. The van der Waals surface area contributed by atoms with E-state index in [0.29, 0.717) is 5.56 Å². The van der Waals surface area contributed by atoms with E-state index < -0.39 is 0 Å². The quantitative estimate of drug-likeness (QED) is 0.750. The van der Waals surface area contributed by atoms with Gasteiger partial charge in [0.2, 0.25) is 0 Å². The van der Waals surface area contributed by atoms with Gasteiger partial charge in [-0.3, -0.25) is 4.79 Å². The number of methoxy groups -OCH3 is 1. The average molecular weight is 334 g/mol. The maximum absolute atomic E-state index is 12.8. The monoisotopic (exact) mass is 334 g/mol. The summed E-state index contributed by atoms with van der Waals surface area (Å²) in [5.41, 5.74) is 3.18. The van der Waals surface area contributed by atoms with E-state index in [4.69, 9.17) is 9.72 Å². The fourth-order valence-corrected chi connectivity index (χ4v) is 2.68. The summed E-state index contributed by atoms with van der Waals surface area (Å²) in [6.45, 7) is 4.06. The number of amides is 1. The number of nitrogens with zero attached hydrogens (tertiary/aromatic N) is 1.